The predicted octanol–water partition coefficient (Wildman–Crippen LogP) is 1.31. The lowest BCUT2D eigenvalue weighted by Gasteiger charge is -2.06. The zero-order valence-electron chi connectivity index (χ0n) is 7.28. The summed E-state index contributed by atoms with van der Waals surface area (Å²) >= 11 is 0. The van der Waals surface area contributed by atoms with Crippen LogP contribution >= 0.6 is 0 Å². The Morgan fingerprint density at radius 1 is 1.85 bits per heavy atom. The first-order valence-corrected chi connectivity index (χ1v) is 4.00. The van der Waals surface area contributed by atoms with Gasteiger partial charge in [-0.3, -0.25) is 4.79 Å². The van der Waals surface area contributed by atoms with Crippen LogP contribution in [-0.2, 0) is 0 Å². The second kappa shape index (κ2) is 4.31. The van der Waals surface area contributed by atoms with Crippen molar-refractivity contribution in [2.75, 3.05) is 0 Å². The topological polar surface area (TPSA) is 66.0 Å². The van der Waals surface area contributed by atoms with Crippen molar-refractivity contribution in [1.29, 1.82) is 5.26 Å². The number of carbonyl (C=O) groups excluding carboxylic acids is 1. The summed E-state index contributed by atoms with van der Waals surface area (Å²) in [6.45, 7) is 1.84. The van der Waals surface area contributed by atoms with Crippen molar-refractivity contribution in [3.8, 4) is 6.07 Å². The van der Waals surface area contributed by atoms with Gasteiger partial charge in [-0.25, -0.2) is 0 Å². The first-order valence-electron chi connectivity index (χ1n) is 4.00. The smallest absolute Gasteiger partial charge is 0.255 e. The van der Waals surface area contributed by atoms with Crippen molar-refractivity contribution in [3.05, 3.63) is 24.2 Å². The summed E-state index contributed by atoms with van der Waals surface area (Å²) in [4.78, 5) is 11.3. The summed E-state index contributed by atoms with van der Waals surface area (Å²) in [6, 6.07) is 3.11. The lowest BCUT2D eigenvalue weighted by Crippen LogP contribution is -2.32. The Bertz CT molecular complexity index is 311. The van der Waals surface area contributed by atoms with Gasteiger partial charge in [-0.1, -0.05) is 6.92 Å². The lowest BCUT2D eigenvalue weighted by atomic mass is 10.2. The van der Waals surface area contributed by atoms with E-state index < -0.39 is 6.04 Å². The highest BCUT2D eigenvalue weighted by molar-refractivity contribution is 5.94. The van der Waals surface area contributed by atoms with E-state index in [9.17, 15) is 4.79 Å². The summed E-state index contributed by atoms with van der Waals surface area (Å²) in [5.74, 6) is -0.276. The Labute approximate surface area is 76.2 Å². The quantitative estimate of drug-likeness (QED) is 0.758. The first-order chi connectivity index (χ1) is 6.27. The molecule has 0 saturated heterocycles. The van der Waals surface area contributed by atoms with Crippen LogP contribution < -0.4 is 5.32 Å². The average Bonchev–Trinajstić information content (AvgIpc) is 2.66. The van der Waals surface area contributed by atoms with Crippen LogP contribution in [0.4, 0.5) is 0 Å². The molecule has 1 amide bonds. The van der Waals surface area contributed by atoms with Crippen LogP contribution in [0.2, 0.25) is 0 Å². The highest BCUT2D eigenvalue weighted by Gasteiger charge is 2.11. The summed E-state index contributed by atoms with van der Waals surface area (Å²) in [6.07, 6.45) is 3.36. The van der Waals surface area contributed by atoms with E-state index in [0.29, 0.717) is 12.0 Å². The Balaban J connectivity index is 2.57. The van der Waals surface area contributed by atoms with Crippen LogP contribution in [0.1, 0.15) is 23.7 Å². The Morgan fingerprint density at radius 3 is 3.08 bits per heavy atom. The zero-order chi connectivity index (χ0) is 9.68. The third-order valence-corrected chi connectivity index (χ3v) is 1.65. The third-order valence-electron chi connectivity index (χ3n) is 1.65. The van der Waals surface area contributed by atoms with E-state index in [-0.39, 0.29) is 5.91 Å². The molecule has 0 spiro atoms. The molecule has 0 aromatic carbocycles. The fourth-order valence-corrected chi connectivity index (χ4v) is 0.861. The summed E-state index contributed by atoms with van der Waals surface area (Å²) in [5, 5.41) is 11.1. The number of rotatable bonds is 3. The van der Waals surface area contributed by atoms with E-state index in [0.717, 1.165) is 0 Å². The minimum Gasteiger partial charge on any atom is -0.472 e. The number of nitriles is 1. The number of carbonyl (C=O) groups is 1. The SMILES string of the molecule is CCC(C#N)NC(=O)c1ccoc1. The molecule has 68 valence electrons. The van der Waals surface area contributed by atoms with Gasteiger partial charge in [0, 0.05) is 0 Å². The van der Waals surface area contributed by atoms with Crippen LogP contribution in [0.25, 0.3) is 0 Å². The molecule has 0 aliphatic carbocycles. The predicted molar refractivity (Wildman–Crippen MR) is 45.9 cm³/mol. The van der Waals surface area contributed by atoms with Gasteiger partial charge >= 0.3 is 0 Å². The molecule has 1 atom stereocenters. The monoisotopic (exact) mass is 178 g/mol. The number of furan rings is 1. The zero-order valence-corrected chi connectivity index (χ0v) is 7.28. The fourth-order valence-electron chi connectivity index (χ4n) is 0.861. The van der Waals surface area contributed by atoms with Gasteiger partial charge < -0.3 is 9.73 Å². The van der Waals surface area contributed by atoms with Crippen molar-refractivity contribution in [1.82, 2.24) is 5.32 Å². The van der Waals surface area contributed by atoms with Gasteiger partial charge in [0.05, 0.1) is 17.9 Å². The van der Waals surface area contributed by atoms with E-state index in [2.05, 4.69) is 5.32 Å². The minimum absolute atomic E-state index is 0.276. The molecule has 0 radical (unpaired) electrons. The molecule has 1 aromatic rings. The Kier molecular flexibility index (Phi) is 3.09. The fraction of sp³-hybridized carbons (Fsp3) is 0.333. The maximum atomic E-state index is 11.3. The number of hydrogen-bond donors (Lipinski definition) is 1. The lowest BCUT2D eigenvalue weighted by molar-refractivity contribution is 0.0944. The van der Waals surface area contributed by atoms with Gasteiger partial charge in [0.2, 0.25) is 0 Å². The molecule has 0 aliphatic rings. The van der Waals surface area contributed by atoms with Crippen LogP contribution in [0.15, 0.2) is 23.0 Å². The van der Waals surface area contributed by atoms with Crippen LogP contribution in [0.3, 0.4) is 0 Å². The molecule has 0 saturated carbocycles. The molecule has 1 N–H and O–H groups in total. The number of nitrogens with zero attached hydrogens (tertiary/aromatic N) is 1. The summed E-state index contributed by atoms with van der Waals surface area (Å²) in [7, 11) is 0. The van der Waals surface area contributed by atoms with Crippen molar-refractivity contribution in [2.24, 2.45) is 0 Å². The molecule has 4 heteroatoms. The maximum Gasteiger partial charge on any atom is 0.255 e. The molecular formula is C9H10N2O2. The molecule has 1 unspecified atom stereocenters. The molecule has 13 heavy (non-hydrogen) atoms. The third kappa shape index (κ3) is 2.34. The molecule has 1 heterocycles. The average molecular weight is 178 g/mol. The molecule has 1 rings (SSSR count). The standard InChI is InChI=1S/C9H10N2O2/c1-2-8(5-10)11-9(12)7-3-4-13-6-7/h3-4,6,8H,2H2,1H3,(H,11,12). The normalized spacial score (nSPS) is 11.7. The molecule has 1 aromatic heterocycles. The van der Waals surface area contributed by atoms with Crippen molar-refractivity contribution >= 4 is 5.91 Å². The molecule has 0 bridgehead atoms. The van der Waals surface area contributed by atoms with Crippen LogP contribution in [-0.4, -0.2) is 11.9 Å². The van der Waals surface area contributed by atoms with Crippen molar-refractivity contribution < 1.29 is 9.21 Å². The maximum absolute atomic E-state index is 11.3. The largest absolute Gasteiger partial charge is 0.472 e. The van der Waals surface area contributed by atoms with Crippen LogP contribution in [0.5, 0.6) is 0 Å². The second-order valence-corrected chi connectivity index (χ2v) is 2.58. The van der Waals surface area contributed by atoms with Gasteiger partial charge in [0.1, 0.15) is 12.3 Å². The van der Waals surface area contributed by atoms with E-state index in [1.165, 1.54) is 12.5 Å². The van der Waals surface area contributed by atoms with Crippen LogP contribution in [0, 0.1) is 11.3 Å². The highest BCUT2D eigenvalue weighted by atomic mass is 16.3. The molecule has 4 nitrogen and oxygen atoms in total. The van der Waals surface area contributed by atoms with E-state index >= 15 is 0 Å². The first kappa shape index (κ1) is 9.33. The Hall–Kier alpha value is -1.76. The van der Waals surface area contributed by atoms with Gasteiger partial charge in [-0.2, -0.15) is 5.26 Å². The number of amides is 1. The van der Waals surface area contributed by atoms with Crippen molar-refractivity contribution in [3.63, 3.8) is 0 Å². The van der Waals surface area contributed by atoms with Gasteiger partial charge in [0.25, 0.3) is 5.91 Å². The highest BCUT2D eigenvalue weighted by Crippen LogP contribution is 2.00. The van der Waals surface area contributed by atoms with Gasteiger partial charge in [-0.15, -0.1) is 0 Å². The van der Waals surface area contributed by atoms with Crippen molar-refractivity contribution in [2.45, 2.75) is 19.4 Å². The molecule has 0 aliphatic heterocycles. The van der Waals surface area contributed by atoms with E-state index in [4.69, 9.17) is 9.68 Å². The summed E-state index contributed by atoms with van der Waals surface area (Å²) < 4.78 is 4.74. The van der Waals surface area contributed by atoms with E-state index in [1.807, 2.05) is 13.0 Å². The number of nitrogens with one attached hydrogen (secondary N) is 1. The Morgan fingerprint density at radius 2 is 2.62 bits per heavy atom. The van der Waals surface area contributed by atoms with Gasteiger partial charge in [-0.05, 0) is 12.5 Å². The van der Waals surface area contributed by atoms with E-state index in [1.54, 1.807) is 6.07 Å². The number of hydrogen-bond acceptors (Lipinski definition) is 3. The molecular weight excluding hydrogens is 168 g/mol. The summed E-state index contributed by atoms with van der Waals surface area (Å²) in [5.41, 5.74) is 0.439. The second-order valence-electron chi connectivity index (χ2n) is 2.58. The van der Waals surface area contributed by atoms with Gasteiger partial charge in [0.15, 0.2) is 0 Å². The molecule has 0 fully saturated rings. The minimum atomic E-state index is -0.428.